The van der Waals surface area contributed by atoms with Crippen molar-refractivity contribution >= 4 is 11.0 Å². The summed E-state index contributed by atoms with van der Waals surface area (Å²) in [4.78, 5) is 0. The highest BCUT2D eigenvalue weighted by molar-refractivity contribution is 5.88. The second-order valence-corrected chi connectivity index (χ2v) is 8.26. The number of rotatable bonds is 5. The van der Waals surface area contributed by atoms with Crippen LogP contribution in [0.25, 0.3) is 11.0 Å². The lowest BCUT2D eigenvalue weighted by Crippen LogP contribution is -2.00. The van der Waals surface area contributed by atoms with E-state index >= 15 is 0 Å². The molecule has 1 heterocycles. The second-order valence-electron chi connectivity index (χ2n) is 8.26. The summed E-state index contributed by atoms with van der Waals surface area (Å²) in [5, 5.41) is 12.1. The summed E-state index contributed by atoms with van der Waals surface area (Å²) in [6.45, 7) is 8.98. The van der Waals surface area contributed by atoms with Gasteiger partial charge in [-0.3, -0.25) is 0 Å². The summed E-state index contributed by atoms with van der Waals surface area (Å²) in [5.41, 5.74) is 5.99. The minimum Gasteiger partial charge on any atom is -0.458 e. The number of furan rings is 1. The summed E-state index contributed by atoms with van der Waals surface area (Å²) in [5.74, 6) is 2.17. The predicted molar refractivity (Wildman–Crippen MR) is 107 cm³/mol. The third-order valence-electron chi connectivity index (χ3n) is 5.54. The van der Waals surface area contributed by atoms with E-state index in [1.807, 2.05) is 30.3 Å². The van der Waals surface area contributed by atoms with Gasteiger partial charge >= 0.3 is 0 Å². The minimum absolute atomic E-state index is 0.385. The van der Waals surface area contributed by atoms with E-state index in [9.17, 15) is 5.11 Å². The monoisotopic (exact) mass is 348 g/mol. The van der Waals surface area contributed by atoms with Gasteiger partial charge in [-0.25, -0.2) is 0 Å². The third kappa shape index (κ3) is 2.97. The molecule has 0 amide bonds. The SMILES string of the molecule is CC(C)c1cc(C(C)C)c2oc(C(O)c3ccccc3)cc2c1C1CC1. The highest BCUT2D eigenvalue weighted by atomic mass is 16.4. The Morgan fingerprint density at radius 3 is 2.15 bits per heavy atom. The normalized spacial score (nSPS) is 16.0. The highest BCUT2D eigenvalue weighted by Crippen LogP contribution is 2.49. The van der Waals surface area contributed by atoms with Crippen LogP contribution < -0.4 is 0 Å². The maximum Gasteiger partial charge on any atom is 0.138 e. The molecule has 1 fully saturated rings. The van der Waals surface area contributed by atoms with Crippen LogP contribution in [0.3, 0.4) is 0 Å². The summed E-state index contributed by atoms with van der Waals surface area (Å²) in [6.07, 6.45) is 1.80. The van der Waals surface area contributed by atoms with E-state index < -0.39 is 6.10 Å². The minimum atomic E-state index is -0.724. The molecule has 2 aromatic carbocycles. The van der Waals surface area contributed by atoms with Crippen molar-refractivity contribution in [3.05, 3.63) is 70.5 Å². The zero-order valence-electron chi connectivity index (χ0n) is 16.1. The molecular weight excluding hydrogens is 320 g/mol. The first-order valence-electron chi connectivity index (χ1n) is 9.80. The van der Waals surface area contributed by atoms with Crippen molar-refractivity contribution in [3.8, 4) is 0 Å². The van der Waals surface area contributed by atoms with Crippen LogP contribution in [0, 0.1) is 0 Å². The molecule has 1 atom stereocenters. The molecule has 1 aliphatic rings. The second kappa shape index (κ2) is 6.59. The molecule has 1 N–H and O–H groups in total. The number of hydrogen-bond acceptors (Lipinski definition) is 2. The van der Waals surface area contributed by atoms with Crippen LogP contribution in [0.5, 0.6) is 0 Å². The Morgan fingerprint density at radius 2 is 1.58 bits per heavy atom. The van der Waals surface area contributed by atoms with Gasteiger partial charge in [0.1, 0.15) is 17.4 Å². The van der Waals surface area contributed by atoms with Crippen molar-refractivity contribution in [2.75, 3.05) is 0 Å². The molecule has 0 radical (unpaired) electrons. The average molecular weight is 348 g/mol. The Hall–Kier alpha value is -2.06. The molecule has 1 aliphatic carbocycles. The molecule has 26 heavy (non-hydrogen) atoms. The molecule has 0 bridgehead atoms. The molecule has 1 aromatic heterocycles. The molecule has 0 spiro atoms. The summed E-state index contributed by atoms with van der Waals surface area (Å²) >= 11 is 0. The molecule has 2 nitrogen and oxygen atoms in total. The molecule has 0 saturated heterocycles. The van der Waals surface area contributed by atoms with Crippen molar-refractivity contribution < 1.29 is 9.52 Å². The molecule has 136 valence electrons. The van der Waals surface area contributed by atoms with Crippen molar-refractivity contribution in [2.45, 2.75) is 64.4 Å². The Kier molecular flexibility index (Phi) is 4.40. The van der Waals surface area contributed by atoms with E-state index in [4.69, 9.17) is 4.42 Å². The van der Waals surface area contributed by atoms with Gasteiger partial charge in [-0.15, -0.1) is 0 Å². The lowest BCUT2D eigenvalue weighted by atomic mass is 9.87. The molecule has 2 heteroatoms. The topological polar surface area (TPSA) is 33.4 Å². The van der Waals surface area contributed by atoms with Gasteiger partial charge in [0.05, 0.1) is 0 Å². The van der Waals surface area contributed by atoms with E-state index in [0.29, 0.717) is 23.5 Å². The van der Waals surface area contributed by atoms with Crippen LogP contribution in [0.1, 0.15) is 92.4 Å². The van der Waals surface area contributed by atoms with E-state index in [2.05, 4.69) is 39.8 Å². The zero-order chi connectivity index (χ0) is 18.4. The summed E-state index contributed by atoms with van der Waals surface area (Å²) < 4.78 is 6.28. The molecular formula is C24H28O2. The quantitative estimate of drug-likeness (QED) is 0.561. The van der Waals surface area contributed by atoms with Crippen LogP contribution in [0.15, 0.2) is 46.9 Å². The van der Waals surface area contributed by atoms with Gasteiger partial charge in [0.2, 0.25) is 0 Å². The van der Waals surface area contributed by atoms with Crippen LogP contribution >= 0.6 is 0 Å². The van der Waals surface area contributed by atoms with Gasteiger partial charge in [-0.2, -0.15) is 0 Å². The van der Waals surface area contributed by atoms with Crippen molar-refractivity contribution in [2.24, 2.45) is 0 Å². The van der Waals surface area contributed by atoms with Gasteiger partial charge < -0.3 is 9.52 Å². The summed E-state index contributed by atoms with van der Waals surface area (Å²) in [6, 6.07) is 14.2. The van der Waals surface area contributed by atoms with Crippen LogP contribution in [-0.2, 0) is 0 Å². The maximum absolute atomic E-state index is 10.9. The smallest absolute Gasteiger partial charge is 0.138 e. The van der Waals surface area contributed by atoms with Gasteiger partial charge in [0.15, 0.2) is 0 Å². The lowest BCUT2D eigenvalue weighted by Gasteiger charge is -2.17. The molecule has 3 aromatic rings. The third-order valence-corrected chi connectivity index (χ3v) is 5.54. The fourth-order valence-corrected chi connectivity index (χ4v) is 3.96. The fraction of sp³-hybridized carbons (Fsp3) is 0.417. The average Bonchev–Trinajstić information content (AvgIpc) is 3.37. The molecule has 1 saturated carbocycles. The maximum atomic E-state index is 10.9. The van der Waals surface area contributed by atoms with Crippen LogP contribution in [0.4, 0.5) is 0 Å². The predicted octanol–water partition coefficient (Wildman–Crippen LogP) is 6.64. The van der Waals surface area contributed by atoms with Crippen LogP contribution in [0.2, 0.25) is 0 Å². The number of aliphatic hydroxyl groups is 1. The number of aliphatic hydroxyl groups excluding tert-OH is 1. The van der Waals surface area contributed by atoms with Gasteiger partial charge in [-0.05, 0) is 58.9 Å². The van der Waals surface area contributed by atoms with Gasteiger partial charge in [-0.1, -0.05) is 64.1 Å². The van der Waals surface area contributed by atoms with Crippen molar-refractivity contribution in [1.29, 1.82) is 0 Å². The van der Waals surface area contributed by atoms with Crippen LogP contribution in [-0.4, -0.2) is 5.11 Å². The standard InChI is InChI=1S/C24H28O2/c1-14(2)18-12-19(15(3)4)24-20(22(18)16-10-11-16)13-21(26-24)23(25)17-8-6-5-7-9-17/h5-9,12-16,23,25H,10-11H2,1-4H3. The van der Waals surface area contributed by atoms with E-state index in [1.165, 1.54) is 34.9 Å². The van der Waals surface area contributed by atoms with Gasteiger partial charge in [0.25, 0.3) is 0 Å². The summed E-state index contributed by atoms with van der Waals surface area (Å²) in [7, 11) is 0. The first-order chi connectivity index (χ1) is 12.5. The number of fused-ring (bicyclic) bond motifs is 1. The number of benzene rings is 2. The highest BCUT2D eigenvalue weighted by Gasteiger charge is 2.32. The first kappa shape index (κ1) is 17.4. The Morgan fingerprint density at radius 1 is 0.923 bits per heavy atom. The van der Waals surface area contributed by atoms with Crippen molar-refractivity contribution in [1.82, 2.24) is 0 Å². The Labute approximate surface area is 155 Å². The lowest BCUT2D eigenvalue weighted by molar-refractivity contribution is 0.192. The zero-order valence-corrected chi connectivity index (χ0v) is 16.1. The number of hydrogen-bond donors (Lipinski definition) is 1. The first-order valence-corrected chi connectivity index (χ1v) is 9.80. The molecule has 1 unspecified atom stereocenters. The molecule has 4 rings (SSSR count). The Bertz CT molecular complexity index is 914. The van der Waals surface area contributed by atoms with E-state index in [-0.39, 0.29) is 0 Å². The van der Waals surface area contributed by atoms with Crippen molar-refractivity contribution in [3.63, 3.8) is 0 Å². The van der Waals surface area contributed by atoms with Gasteiger partial charge in [0, 0.05) is 5.39 Å². The van der Waals surface area contributed by atoms with E-state index in [0.717, 1.165) is 11.1 Å². The van der Waals surface area contributed by atoms with E-state index in [1.54, 1.807) is 0 Å². The molecule has 0 aliphatic heterocycles. The largest absolute Gasteiger partial charge is 0.458 e. The fourth-order valence-electron chi connectivity index (χ4n) is 3.96. The Balaban J connectivity index is 1.93.